The molecule has 0 radical (unpaired) electrons. The molecule has 0 saturated carbocycles. The quantitative estimate of drug-likeness (QED) is 0.854. The lowest BCUT2D eigenvalue weighted by molar-refractivity contribution is 0.0657. The highest BCUT2D eigenvalue weighted by molar-refractivity contribution is 5.94. The lowest BCUT2D eigenvalue weighted by Crippen LogP contribution is -2.26. The van der Waals surface area contributed by atoms with Crippen molar-refractivity contribution >= 4 is 11.6 Å². The maximum atomic E-state index is 5.63. The first-order valence-corrected chi connectivity index (χ1v) is 8.53. The van der Waals surface area contributed by atoms with E-state index >= 15 is 0 Å². The van der Waals surface area contributed by atoms with Crippen LogP contribution in [0.2, 0.25) is 0 Å². The van der Waals surface area contributed by atoms with Crippen LogP contribution in [0.5, 0.6) is 0 Å². The van der Waals surface area contributed by atoms with Crippen LogP contribution in [0, 0.1) is 0 Å². The number of guanidine groups is 1. The van der Waals surface area contributed by atoms with E-state index < -0.39 is 0 Å². The monoisotopic (exact) mass is 323 g/mol. The third-order valence-corrected chi connectivity index (χ3v) is 3.91. The fourth-order valence-electron chi connectivity index (χ4n) is 2.58. The average molecular weight is 323 g/mol. The molecule has 0 atom stereocenters. The summed E-state index contributed by atoms with van der Waals surface area (Å²) in [4.78, 5) is 4.34. The summed E-state index contributed by atoms with van der Waals surface area (Å²) in [5.41, 5.74) is 4.89. The highest BCUT2D eigenvalue weighted by Crippen LogP contribution is 2.15. The minimum atomic E-state index is 0.266. The highest BCUT2D eigenvalue weighted by Gasteiger charge is 2.05. The summed E-state index contributed by atoms with van der Waals surface area (Å²) in [6.07, 6.45) is 1.20. The lowest BCUT2D eigenvalue weighted by Gasteiger charge is -2.09. The molecule has 0 bridgehead atoms. The van der Waals surface area contributed by atoms with Gasteiger partial charge >= 0.3 is 0 Å². The van der Waals surface area contributed by atoms with Crippen molar-refractivity contribution in [3.63, 3.8) is 0 Å². The van der Waals surface area contributed by atoms with E-state index in [0.29, 0.717) is 6.61 Å². The average Bonchev–Trinajstić information content (AvgIpc) is 3.09. The highest BCUT2D eigenvalue weighted by atomic mass is 16.5. The first-order valence-electron chi connectivity index (χ1n) is 8.53. The molecule has 0 unspecified atom stereocenters. The van der Waals surface area contributed by atoms with Crippen molar-refractivity contribution in [2.75, 3.05) is 18.4 Å². The van der Waals surface area contributed by atoms with Crippen molar-refractivity contribution in [3.8, 4) is 0 Å². The van der Waals surface area contributed by atoms with Crippen molar-refractivity contribution < 1.29 is 4.74 Å². The van der Waals surface area contributed by atoms with E-state index in [1.165, 1.54) is 16.7 Å². The Labute approximate surface area is 144 Å². The van der Waals surface area contributed by atoms with Crippen molar-refractivity contribution in [3.05, 3.63) is 65.2 Å². The van der Waals surface area contributed by atoms with E-state index in [2.05, 4.69) is 78.0 Å². The molecule has 2 aromatic rings. The van der Waals surface area contributed by atoms with Gasteiger partial charge in [0.25, 0.3) is 0 Å². The first kappa shape index (κ1) is 16.5. The smallest absolute Gasteiger partial charge is 0.195 e. The number of nitrogens with zero attached hydrogens (tertiary/aromatic N) is 1. The van der Waals surface area contributed by atoms with Crippen LogP contribution in [0.4, 0.5) is 5.69 Å². The maximum absolute atomic E-state index is 5.63. The van der Waals surface area contributed by atoms with E-state index in [0.717, 1.165) is 31.2 Å². The second-order valence-corrected chi connectivity index (χ2v) is 6.33. The fraction of sp³-hybridized carbons (Fsp3) is 0.350. The number of nitrogens with one attached hydrogen (secondary N) is 2. The number of hydrogen-bond donors (Lipinski definition) is 2. The van der Waals surface area contributed by atoms with Crippen LogP contribution in [-0.2, 0) is 17.8 Å². The largest absolute Gasteiger partial charge is 0.374 e. The van der Waals surface area contributed by atoms with Gasteiger partial charge in [-0.05, 0) is 49.1 Å². The van der Waals surface area contributed by atoms with Crippen LogP contribution in [0.25, 0.3) is 0 Å². The summed E-state index contributed by atoms with van der Waals surface area (Å²) >= 11 is 0. The zero-order valence-electron chi connectivity index (χ0n) is 14.4. The predicted molar refractivity (Wildman–Crippen MR) is 99.5 cm³/mol. The summed E-state index contributed by atoms with van der Waals surface area (Å²) in [6, 6.07) is 17.2. The molecule has 3 rings (SSSR count). The van der Waals surface area contributed by atoms with Crippen LogP contribution in [0.1, 0.15) is 30.5 Å². The zero-order valence-corrected chi connectivity index (χ0v) is 14.4. The van der Waals surface area contributed by atoms with Crippen molar-refractivity contribution in [2.45, 2.75) is 33.0 Å². The van der Waals surface area contributed by atoms with Gasteiger partial charge in [-0.2, -0.15) is 0 Å². The Balaban J connectivity index is 1.55. The molecule has 0 fully saturated rings. The third-order valence-electron chi connectivity index (χ3n) is 3.91. The summed E-state index contributed by atoms with van der Waals surface area (Å²) in [7, 11) is 0. The van der Waals surface area contributed by atoms with E-state index in [1.807, 2.05) is 0 Å². The molecule has 126 valence electrons. The zero-order chi connectivity index (χ0) is 16.8. The molecule has 1 heterocycles. The molecule has 1 aliphatic rings. The number of aliphatic imine (C=N–C) groups is 1. The molecule has 24 heavy (non-hydrogen) atoms. The maximum Gasteiger partial charge on any atom is 0.195 e. The molecule has 1 aliphatic heterocycles. The molecular formula is C20H25N3O. The van der Waals surface area contributed by atoms with Crippen molar-refractivity contribution in [1.29, 1.82) is 0 Å². The van der Waals surface area contributed by atoms with E-state index in [1.54, 1.807) is 0 Å². The number of ether oxygens (including phenoxy) is 1. The van der Waals surface area contributed by atoms with E-state index in [4.69, 9.17) is 4.74 Å². The molecule has 4 heteroatoms. The van der Waals surface area contributed by atoms with Gasteiger partial charge in [-0.15, -0.1) is 0 Å². The van der Waals surface area contributed by atoms with Crippen molar-refractivity contribution in [1.82, 2.24) is 5.32 Å². The molecule has 0 aromatic heterocycles. The van der Waals surface area contributed by atoms with Crippen LogP contribution in [0.15, 0.2) is 53.5 Å². The van der Waals surface area contributed by atoms with Gasteiger partial charge in [-0.1, -0.05) is 36.4 Å². The second-order valence-electron chi connectivity index (χ2n) is 6.33. The van der Waals surface area contributed by atoms with Gasteiger partial charge in [-0.25, -0.2) is 0 Å². The molecule has 0 aliphatic carbocycles. The summed E-state index contributed by atoms with van der Waals surface area (Å²) in [6.45, 7) is 6.55. The SMILES string of the molecule is CC(C)OCc1ccc(Cc2ccc(NC3=NCCN3)cc2)cc1. The number of hydrogen-bond acceptors (Lipinski definition) is 4. The Hall–Kier alpha value is -2.33. The van der Waals surface area contributed by atoms with Gasteiger partial charge in [0.05, 0.1) is 19.3 Å². The summed E-state index contributed by atoms with van der Waals surface area (Å²) in [5, 5.41) is 6.50. The number of anilines is 1. The molecule has 2 aromatic carbocycles. The van der Waals surface area contributed by atoms with Gasteiger partial charge in [-0.3, -0.25) is 4.99 Å². The van der Waals surface area contributed by atoms with E-state index in [-0.39, 0.29) is 6.10 Å². The minimum Gasteiger partial charge on any atom is -0.374 e. The Morgan fingerprint density at radius 1 is 1.00 bits per heavy atom. The van der Waals surface area contributed by atoms with Gasteiger partial charge in [0, 0.05) is 12.2 Å². The lowest BCUT2D eigenvalue weighted by atomic mass is 10.0. The Morgan fingerprint density at radius 3 is 2.21 bits per heavy atom. The van der Waals surface area contributed by atoms with Crippen LogP contribution >= 0.6 is 0 Å². The second kappa shape index (κ2) is 7.97. The molecule has 2 N–H and O–H groups in total. The Morgan fingerprint density at radius 2 is 1.62 bits per heavy atom. The third kappa shape index (κ3) is 4.83. The topological polar surface area (TPSA) is 45.6 Å². The van der Waals surface area contributed by atoms with Crippen LogP contribution in [-0.4, -0.2) is 25.2 Å². The molecular weight excluding hydrogens is 298 g/mol. The minimum absolute atomic E-state index is 0.266. The normalized spacial score (nSPS) is 13.7. The van der Waals surface area contributed by atoms with Gasteiger partial charge in [0.2, 0.25) is 0 Å². The molecule has 4 nitrogen and oxygen atoms in total. The van der Waals surface area contributed by atoms with Crippen LogP contribution < -0.4 is 10.6 Å². The number of rotatable bonds is 6. The summed E-state index contributed by atoms with van der Waals surface area (Å²) in [5.74, 6) is 0.863. The number of benzene rings is 2. The van der Waals surface area contributed by atoms with Gasteiger partial charge in [0.1, 0.15) is 0 Å². The fourth-order valence-corrected chi connectivity index (χ4v) is 2.58. The molecule has 0 spiro atoms. The van der Waals surface area contributed by atoms with Gasteiger partial charge in [0.15, 0.2) is 5.96 Å². The Kier molecular flexibility index (Phi) is 5.49. The van der Waals surface area contributed by atoms with Crippen molar-refractivity contribution in [2.24, 2.45) is 4.99 Å². The summed E-state index contributed by atoms with van der Waals surface area (Å²) < 4.78 is 5.63. The predicted octanol–water partition coefficient (Wildman–Crippen LogP) is 3.57. The Bertz CT molecular complexity index is 675. The molecule has 0 saturated heterocycles. The standard InChI is InChI=1S/C20H25N3O/c1-15(2)24-14-18-5-3-16(4-6-18)13-17-7-9-19(10-8-17)23-20-21-11-12-22-20/h3-10,15H,11-14H2,1-2H3,(H2,21,22,23). The van der Waals surface area contributed by atoms with E-state index in [9.17, 15) is 0 Å². The first-order chi connectivity index (χ1) is 11.7. The van der Waals surface area contributed by atoms with Gasteiger partial charge < -0.3 is 15.4 Å². The molecule has 0 amide bonds. The van der Waals surface area contributed by atoms with Crippen LogP contribution in [0.3, 0.4) is 0 Å².